The number of rotatable bonds is 12. The molecule has 1 amide bonds. The lowest BCUT2D eigenvalue weighted by molar-refractivity contribution is -0.384. The molecule has 2 aromatic heterocycles. The molecule has 5 aromatic rings. The second-order valence-corrected chi connectivity index (χ2v) is 22.1. The van der Waals surface area contributed by atoms with Crippen molar-refractivity contribution < 1.29 is 41.8 Å². The van der Waals surface area contributed by atoms with E-state index in [0.717, 1.165) is 82.8 Å². The first-order chi connectivity index (χ1) is 33.0. The zero-order valence-electron chi connectivity index (χ0n) is 39.2. The summed E-state index contributed by atoms with van der Waals surface area (Å²) in [6.07, 6.45) is 9.27. The Hall–Kier alpha value is -5.82. The molecule has 1 spiro atoms. The predicted molar refractivity (Wildman–Crippen MR) is 258 cm³/mol. The van der Waals surface area contributed by atoms with Gasteiger partial charge in [-0.3, -0.25) is 19.8 Å². The van der Waals surface area contributed by atoms with Gasteiger partial charge in [0.15, 0.2) is 17.2 Å². The fraction of sp³-hybridized carbons (Fsp3) is 0.490. The molecule has 3 aliphatic heterocycles. The number of aromatic nitrogens is 2. The second-order valence-electron chi connectivity index (χ2n) is 20.5. The zero-order chi connectivity index (χ0) is 48.2. The average molecular weight is 966 g/mol. The van der Waals surface area contributed by atoms with Crippen LogP contribution in [-0.2, 0) is 21.2 Å². The number of amides is 1. The van der Waals surface area contributed by atoms with E-state index < -0.39 is 43.0 Å². The van der Waals surface area contributed by atoms with E-state index in [9.17, 15) is 28.4 Å². The first-order valence-electron chi connectivity index (χ1n) is 24.2. The Bertz CT molecular complexity index is 2870. The van der Waals surface area contributed by atoms with Gasteiger partial charge in [-0.1, -0.05) is 38.1 Å². The number of ether oxygens (including phenoxy) is 3. The molecule has 2 saturated carbocycles. The fourth-order valence-corrected chi connectivity index (χ4v) is 12.5. The molecule has 2 saturated heterocycles. The van der Waals surface area contributed by atoms with Crippen LogP contribution < -0.4 is 24.4 Å². The maximum atomic E-state index is 15.5. The van der Waals surface area contributed by atoms with Crippen molar-refractivity contribution in [2.45, 2.75) is 113 Å². The number of benzene rings is 3. The van der Waals surface area contributed by atoms with Crippen LogP contribution in [0.2, 0.25) is 0 Å². The summed E-state index contributed by atoms with van der Waals surface area (Å²) in [5.41, 5.74) is 2.56. The average Bonchev–Trinajstić information content (AvgIpc) is 3.77. The van der Waals surface area contributed by atoms with Gasteiger partial charge in [0.2, 0.25) is 0 Å². The number of halogens is 1. The number of hydrogen-bond donors (Lipinski definition) is 4. The van der Waals surface area contributed by atoms with E-state index >= 15 is 4.39 Å². The van der Waals surface area contributed by atoms with Crippen LogP contribution in [0.1, 0.15) is 99.5 Å². The van der Waals surface area contributed by atoms with Crippen LogP contribution in [0.15, 0.2) is 77.8 Å². The molecule has 5 aliphatic rings. The van der Waals surface area contributed by atoms with Crippen molar-refractivity contribution in [2.75, 3.05) is 49.7 Å². The van der Waals surface area contributed by atoms with Gasteiger partial charge in [-0.25, -0.2) is 13.1 Å². The minimum Gasteiger partial charge on any atom is -0.489 e. The Balaban J connectivity index is 0.854. The van der Waals surface area contributed by atoms with E-state index in [1.54, 1.807) is 31.3 Å². The summed E-state index contributed by atoms with van der Waals surface area (Å²) in [7, 11) is -4.75. The number of aromatic amines is 1. The number of fused-ring (bicyclic) bond motifs is 2. The molecular weight excluding hydrogens is 906 g/mol. The Morgan fingerprint density at radius 3 is 2.55 bits per heavy atom. The van der Waals surface area contributed by atoms with Gasteiger partial charge in [-0.15, -0.1) is 0 Å². The van der Waals surface area contributed by atoms with E-state index in [-0.39, 0.29) is 52.5 Å². The lowest BCUT2D eigenvalue weighted by atomic mass is 9.59. The van der Waals surface area contributed by atoms with Crippen LogP contribution in [0, 0.1) is 27.4 Å². The van der Waals surface area contributed by atoms with Crippen molar-refractivity contribution in [1.29, 1.82) is 0 Å². The van der Waals surface area contributed by atoms with Crippen molar-refractivity contribution in [3.8, 4) is 17.2 Å². The third kappa shape index (κ3) is 9.60. The van der Waals surface area contributed by atoms with E-state index in [0.29, 0.717) is 54.7 Å². The van der Waals surface area contributed by atoms with Crippen molar-refractivity contribution in [3.05, 3.63) is 106 Å². The lowest BCUT2D eigenvalue weighted by Crippen LogP contribution is -2.60. The van der Waals surface area contributed by atoms with Crippen molar-refractivity contribution in [3.63, 3.8) is 0 Å². The van der Waals surface area contributed by atoms with Crippen LogP contribution in [0.25, 0.3) is 11.0 Å². The minimum absolute atomic E-state index is 0.0399. The molecular formula is C51H60FN7O9S. The number of pyridine rings is 1. The van der Waals surface area contributed by atoms with Crippen LogP contribution in [0.5, 0.6) is 17.2 Å². The van der Waals surface area contributed by atoms with Crippen molar-refractivity contribution in [1.82, 2.24) is 19.6 Å². The summed E-state index contributed by atoms with van der Waals surface area (Å²) < 4.78 is 63.6. The van der Waals surface area contributed by atoms with Crippen molar-refractivity contribution in [2.24, 2.45) is 11.3 Å². The number of morpholine rings is 1. The largest absolute Gasteiger partial charge is 0.489 e. The molecule has 2 aliphatic carbocycles. The number of nitrogens with one attached hydrogen (secondary N) is 3. The van der Waals surface area contributed by atoms with Gasteiger partial charge in [-0.2, -0.15) is 9.37 Å². The highest BCUT2D eigenvalue weighted by Crippen LogP contribution is 2.52. The molecule has 18 heteroatoms. The Morgan fingerprint density at radius 2 is 1.80 bits per heavy atom. The topological polar surface area (TPSA) is 201 Å². The van der Waals surface area contributed by atoms with E-state index in [2.05, 4.69) is 67.9 Å². The Labute approximate surface area is 401 Å². The molecule has 4 N–H and O–H groups in total. The van der Waals surface area contributed by atoms with E-state index in [1.165, 1.54) is 23.3 Å². The highest BCUT2D eigenvalue weighted by molar-refractivity contribution is 7.90. The Kier molecular flexibility index (Phi) is 12.6. The summed E-state index contributed by atoms with van der Waals surface area (Å²) >= 11 is 0. The molecule has 0 bridgehead atoms. The number of nitrogens with zero attached hydrogens (tertiary/aromatic N) is 4. The number of aliphatic hydroxyl groups is 1. The minimum atomic E-state index is -4.75. The van der Waals surface area contributed by atoms with Crippen LogP contribution in [0.4, 0.5) is 21.5 Å². The fourth-order valence-electron chi connectivity index (χ4n) is 11.5. The normalized spacial score (nSPS) is 24.0. The van der Waals surface area contributed by atoms with Crippen molar-refractivity contribution >= 4 is 44.0 Å². The second kappa shape index (κ2) is 18.5. The number of carbonyl (C=O) groups is 1. The molecule has 16 nitrogen and oxygen atoms in total. The van der Waals surface area contributed by atoms with Gasteiger partial charge in [0.05, 0.1) is 40.2 Å². The molecule has 0 radical (unpaired) electrons. The molecule has 366 valence electrons. The summed E-state index contributed by atoms with van der Waals surface area (Å²) in [4.78, 5) is 37.0. The maximum Gasteiger partial charge on any atom is 0.297 e. The molecule has 0 unspecified atom stereocenters. The SMILES string of the molecule is CC(C)c1ccccc1C[C@H]1COCCN1C1CC2(CCN(c3ccc(C(=O)NS(=O)(=O)c4cc5c(c([N+](=O)[O-])c4)N[C@@H]([C@H]4CC[C@](C)(O)CC4)CO5)c(Oc4cc5cc[nH]c5nc4F)c3)CC2)C1. The number of H-pyrrole nitrogens is 1. The predicted octanol–water partition coefficient (Wildman–Crippen LogP) is 8.45. The van der Waals surface area contributed by atoms with Crippen LogP contribution >= 0.6 is 0 Å². The number of nitro benzene ring substituents is 1. The van der Waals surface area contributed by atoms with Gasteiger partial charge in [0.25, 0.3) is 27.6 Å². The standard InChI is InChI=1S/C51H60FN7O9S/c1-31(2)39-7-5-4-6-33(39)22-36-29-66-21-20-58(36)37-27-51(28-37)15-18-57(19-16-51)35-8-9-40(43(24-35)68-45-23-34-12-17-53-48(34)55-47(45)52)49(60)56-69(64,65)38-25-42(59(62)63)46-44(26-38)67-30-41(54-46)32-10-13-50(3,61)14-11-32/h4-9,12,17,23-26,31-32,36-37,41,54,61H,10-11,13-16,18-22,27-30H2,1-3H3,(H,53,55)(H,56,60)/t32-,36-,41+,50-/m0/s1. The smallest absolute Gasteiger partial charge is 0.297 e. The van der Waals surface area contributed by atoms with Gasteiger partial charge >= 0.3 is 0 Å². The first kappa shape index (κ1) is 46.9. The Morgan fingerprint density at radius 1 is 1.03 bits per heavy atom. The highest BCUT2D eigenvalue weighted by Gasteiger charge is 2.49. The quantitative estimate of drug-likeness (QED) is 0.0528. The summed E-state index contributed by atoms with van der Waals surface area (Å²) in [5.74, 6) is -1.91. The van der Waals surface area contributed by atoms with Crippen LogP contribution in [-0.4, -0.2) is 102 Å². The molecule has 3 aromatic carbocycles. The third-order valence-electron chi connectivity index (χ3n) is 15.5. The number of piperidine rings is 1. The van der Waals surface area contributed by atoms with E-state index in [1.807, 2.05) is 0 Å². The van der Waals surface area contributed by atoms with Crippen LogP contribution in [0.3, 0.4) is 0 Å². The third-order valence-corrected chi connectivity index (χ3v) is 16.8. The molecule has 69 heavy (non-hydrogen) atoms. The van der Waals surface area contributed by atoms with Gasteiger partial charge in [0.1, 0.15) is 18.0 Å². The molecule has 4 fully saturated rings. The van der Waals surface area contributed by atoms with E-state index in [4.69, 9.17) is 14.2 Å². The number of nitro groups is 1. The molecule has 5 heterocycles. The lowest BCUT2D eigenvalue weighted by Gasteiger charge is -2.57. The van der Waals surface area contributed by atoms with Gasteiger partial charge < -0.3 is 34.5 Å². The van der Waals surface area contributed by atoms with Gasteiger partial charge in [-0.05, 0) is 117 Å². The number of sulfonamides is 1. The first-order valence-corrected chi connectivity index (χ1v) is 25.7. The monoisotopic (exact) mass is 965 g/mol. The molecule has 10 rings (SSSR count). The maximum absolute atomic E-state index is 15.5. The summed E-state index contributed by atoms with van der Waals surface area (Å²) in [6, 6.07) is 19.2. The van der Waals surface area contributed by atoms with Gasteiger partial charge in [0, 0.05) is 67.2 Å². The number of anilines is 2. The highest BCUT2D eigenvalue weighted by atomic mass is 32.2. The molecule has 2 atom stereocenters. The summed E-state index contributed by atoms with van der Waals surface area (Å²) in [5, 5.41) is 26.6. The number of carbonyl (C=O) groups excluding carboxylic acids is 1. The summed E-state index contributed by atoms with van der Waals surface area (Å²) in [6.45, 7) is 10.3. The number of hydrogen-bond acceptors (Lipinski definition) is 13. The zero-order valence-corrected chi connectivity index (χ0v) is 40.0.